The Morgan fingerprint density at radius 3 is 2.48 bits per heavy atom. The molecule has 2 aromatic carbocycles. The van der Waals surface area contributed by atoms with E-state index in [0.29, 0.717) is 22.9 Å². The van der Waals surface area contributed by atoms with Crippen molar-refractivity contribution >= 4 is 10.1 Å². The Labute approximate surface area is 147 Å². The molecule has 0 saturated heterocycles. The minimum Gasteiger partial charge on any atom is -0.441 e. The summed E-state index contributed by atoms with van der Waals surface area (Å²) in [6, 6.07) is 14.4. The second kappa shape index (κ2) is 6.82. The summed E-state index contributed by atoms with van der Waals surface area (Å²) in [4.78, 5) is 4.69. The second-order valence-electron chi connectivity index (χ2n) is 5.63. The number of benzene rings is 2. The molecule has 1 aromatic heterocycles. The quantitative estimate of drug-likeness (QED) is 0.635. The van der Waals surface area contributed by atoms with Crippen molar-refractivity contribution in [3.8, 4) is 22.7 Å². The van der Waals surface area contributed by atoms with Crippen molar-refractivity contribution in [3.63, 3.8) is 0 Å². The third-order valence-electron chi connectivity index (χ3n) is 3.84. The molecule has 6 heteroatoms. The van der Waals surface area contributed by atoms with Gasteiger partial charge < -0.3 is 4.42 Å². The number of aromatic nitrogens is 1. The Hall–Kier alpha value is -2.44. The summed E-state index contributed by atoms with van der Waals surface area (Å²) in [5, 5.41) is 0. The smallest absolute Gasteiger partial charge is 0.296 e. The minimum atomic E-state index is -3.77. The molecule has 0 bridgehead atoms. The van der Waals surface area contributed by atoms with Crippen LogP contribution in [0.1, 0.15) is 18.2 Å². The van der Waals surface area contributed by atoms with Crippen LogP contribution < -0.4 is 0 Å². The first-order chi connectivity index (χ1) is 11.9. The van der Waals surface area contributed by atoms with Gasteiger partial charge in [-0.2, -0.15) is 8.42 Å². The van der Waals surface area contributed by atoms with Crippen molar-refractivity contribution in [2.24, 2.45) is 0 Å². The first-order valence-corrected chi connectivity index (χ1v) is 9.36. The monoisotopic (exact) mass is 357 g/mol. The van der Waals surface area contributed by atoms with Gasteiger partial charge in [-0.1, -0.05) is 24.3 Å². The van der Waals surface area contributed by atoms with Crippen LogP contribution in [0.4, 0.5) is 0 Å². The molecule has 0 aliphatic rings. The van der Waals surface area contributed by atoms with Crippen LogP contribution in [-0.2, 0) is 14.3 Å². The van der Waals surface area contributed by atoms with Crippen molar-refractivity contribution in [3.05, 3.63) is 59.9 Å². The van der Waals surface area contributed by atoms with Crippen molar-refractivity contribution in [1.29, 1.82) is 0 Å². The molecule has 0 aliphatic heterocycles. The fourth-order valence-corrected chi connectivity index (χ4v) is 3.53. The molecule has 5 nitrogen and oxygen atoms in total. The topological polar surface area (TPSA) is 69.4 Å². The lowest BCUT2D eigenvalue weighted by molar-refractivity contribution is 0.338. The van der Waals surface area contributed by atoms with Gasteiger partial charge >= 0.3 is 0 Å². The first kappa shape index (κ1) is 17.4. The third-order valence-corrected chi connectivity index (χ3v) is 5.22. The second-order valence-corrected chi connectivity index (χ2v) is 7.24. The zero-order valence-electron chi connectivity index (χ0n) is 14.3. The molecule has 3 aromatic rings. The van der Waals surface area contributed by atoms with Crippen molar-refractivity contribution in [2.45, 2.75) is 25.7 Å². The molecule has 0 unspecified atom stereocenters. The predicted molar refractivity (Wildman–Crippen MR) is 95.7 cm³/mol. The largest absolute Gasteiger partial charge is 0.441 e. The van der Waals surface area contributed by atoms with Gasteiger partial charge in [0.2, 0.25) is 5.89 Å². The Morgan fingerprint density at radius 1 is 1.08 bits per heavy atom. The SMILES string of the molecule is CCOS(=O)(=O)c1ccc(C)c(-c2nc(-c3ccccc3)oc2C)c1. The van der Waals surface area contributed by atoms with E-state index in [4.69, 9.17) is 8.60 Å². The molecular weight excluding hydrogens is 338 g/mol. The maximum absolute atomic E-state index is 12.2. The van der Waals surface area contributed by atoms with E-state index in [1.54, 1.807) is 19.1 Å². The van der Waals surface area contributed by atoms with Gasteiger partial charge in [-0.15, -0.1) is 0 Å². The third kappa shape index (κ3) is 3.50. The Balaban J connectivity index is 2.10. The van der Waals surface area contributed by atoms with E-state index in [1.807, 2.05) is 44.2 Å². The highest BCUT2D eigenvalue weighted by Gasteiger charge is 2.20. The van der Waals surface area contributed by atoms with E-state index in [1.165, 1.54) is 6.07 Å². The van der Waals surface area contributed by atoms with Crippen molar-refractivity contribution in [1.82, 2.24) is 4.98 Å². The summed E-state index contributed by atoms with van der Waals surface area (Å²) in [5.74, 6) is 1.14. The number of oxazole rings is 1. The van der Waals surface area contributed by atoms with Crippen molar-refractivity contribution < 1.29 is 17.0 Å². The Morgan fingerprint density at radius 2 is 1.80 bits per heavy atom. The molecule has 1 heterocycles. The summed E-state index contributed by atoms with van der Waals surface area (Å²) in [6.45, 7) is 5.45. The fourth-order valence-electron chi connectivity index (χ4n) is 2.59. The summed E-state index contributed by atoms with van der Waals surface area (Å²) in [7, 11) is -3.77. The van der Waals surface area contributed by atoms with Gasteiger partial charge in [-0.25, -0.2) is 4.98 Å². The van der Waals surface area contributed by atoms with Crippen LogP contribution in [0.5, 0.6) is 0 Å². The highest BCUT2D eigenvalue weighted by molar-refractivity contribution is 7.86. The number of hydrogen-bond acceptors (Lipinski definition) is 5. The zero-order valence-corrected chi connectivity index (χ0v) is 15.1. The van der Waals surface area contributed by atoms with Gasteiger partial charge in [-0.3, -0.25) is 4.18 Å². The van der Waals surface area contributed by atoms with Crippen LogP contribution in [0, 0.1) is 13.8 Å². The van der Waals surface area contributed by atoms with E-state index in [2.05, 4.69) is 4.98 Å². The van der Waals surface area contributed by atoms with E-state index in [9.17, 15) is 8.42 Å². The maximum Gasteiger partial charge on any atom is 0.296 e. The number of rotatable bonds is 5. The predicted octanol–water partition coefficient (Wildman–Crippen LogP) is 4.35. The lowest BCUT2D eigenvalue weighted by Crippen LogP contribution is -2.06. The highest BCUT2D eigenvalue weighted by atomic mass is 32.2. The van der Waals surface area contributed by atoms with E-state index >= 15 is 0 Å². The molecule has 0 aliphatic carbocycles. The van der Waals surface area contributed by atoms with Gasteiger partial charge in [0.1, 0.15) is 11.5 Å². The van der Waals surface area contributed by atoms with Crippen LogP contribution in [0.25, 0.3) is 22.7 Å². The van der Waals surface area contributed by atoms with Crippen LogP contribution in [0.3, 0.4) is 0 Å². The van der Waals surface area contributed by atoms with Gasteiger partial charge in [-0.05, 0) is 50.6 Å². The zero-order chi connectivity index (χ0) is 18.0. The van der Waals surface area contributed by atoms with Crippen molar-refractivity contribution in [2.75, 3.05) is 6.61 Å². The number of aryl methyl sites for hydroxylation is 2. The number of hydrogen-bond donors (Lipinski definition) is 0. The maximum atomic E-state index is 12.2. The minimum absolute atomic E-state index is 0.0900. The standard InChI is InChI=1S/C19H19NO4S/c1-4-23-25(21,22)16-11-10-13(2)17(12-16)18-14(3)24-19(20-18)15-8-6-5-7-9-15/h5-12H,4H2,1-3H3. The Kier molecular flexibility index (Phi) is 4.74. The van der Waals surface area contributed by atoms with E-state index in [0.717, 1.165) is 11.1 Å². The molecule has 0 atom stereocenters. The molecule has 0 radical (unpaired) electrons. The van der Waals surface area contributed by atoms with Crippen LogP contribution in [0.15, 0.2) is 57.8 Å². The molecule has 0 fully saturated rings. The summed E-state index contributed by atoms with van der Waals surface area (Å²) < 4.78 is 35.0. The normalized spacial score (nSPS) is 11.6. The molecule has 0 N–H and O–H groups in total. The molecule has 0 spiro atoms. The molecule has 25 heavy (non-hydrogen) atoms. The van der Waals surface area contributed by atoms with Gasteiger partial charge in [0.05, 0.1) is 11.5 Å². The van der Waals surface area contributed by atoms with Gasteiger partial charge in [0.15, 0.2) is 0 Å². The number of nitrogens with zero attached hydrogens (tertiary/aromatic N) is 1. The summed E-state index contributed by atoms with van der Waals surface area (Å²) >= 11 is 0. The summed E-state index contributed by atoms with van der Waals surface area (Å²) in [5.41, 5.74) is 3.12. The van der Waals surface area contributed by atoms with Gasteiger partial charge in [0.25, 0.3) is 10.1 Å². The van der Waals surface area contributed by atoms with Crippen LogP contribution in [-0.4, -0.2) is 20.0 Å². The molecule has 3 rings (SSSR count). The highest BCUT2D eigenvalue weighted by Crippen LogP contribution is 2.32. The fraction of sp³-hybridized carbons (Fsp3) is 0.211. The first-order valence-electron chi connectivity index (χ1n) is 7.95. The average Bonchev–Trinajstić information content (AvgIpc) is 2.97. The van der Waals surface area contributed by atoms with Gasteiger partial charge in [0, 0.05) is 11.1 Å². The lowest BCUT2D eigenvalue weighted by atomic mass is 10.1. The van der Waals surface area contributed by atoms with E-state index < -0.39 is 10.1 Å². The molecule has 130 valence electrons. The Bertz CT molecular complexity index is 992. The van der Waals surface area contributed by atoms with Crippen LogP contribution in [0.2, 0.25) is 0 Å². The van der Waals surface area contributed by atoms with E-state index in [-0.39, 0.29) is 11.5 Å². The molecule has 0 amide bonds. The van der Waals surface area contributed by atoms with Crippen LogP contribution >= 0.6 is 0 Å². The average molecular weight is 357 g/mol. The molecule has 0 saturated carbocycles. The lowest BCUT2D eigenvalue weighted by Gasteiger charge is -2.08. The summed E-state index contributed by atoms with van der Waals surface area (Å²) in [6.07, 6.45) is 0. The molecular formula is C19H19NO4S.